The van der Waals surface area contributed by atoms with Gasteiger partial charge in [-0.1, -0.05) is 23.8 Å². The maximum atomic E-state index is 5.23. The summed E-state index contributed by atoms with van der Waals surface area (Å²) in [6.45, 7) is 20.4. The van der Waals surface area contributed by atoms with Crippen molar-refractivity contribution in [3.63, 3.8) is 0 Å². The number of hydrogen-bond donors (Lipinski definition) is 0. The second-order valence-corrected chi connectivity index (χ2v) is 5.30. The molecule has 4 nitrogen and oxygen atoms in total. The van der Waals surface area contributed by atoms with Gasteiger partial charge in [0, 0.05) is 26.4 Å². The molecule has 0 saturated heterocycles. The highest BCUT2D eigenvalue weighted by Gasteiger charge is 1.94. The van der Waals surface area contributed by atoms with E-state index < -0.39 is 0 Å². The van der Waals surface area contributed by atoms with Crippen molar-refractivity contribution in [1.29, 1.82) is 0 Å². The lowest BCUT2D eigenvalue weighted by Gasteiger charge is -2.05. The number of hydrogen-bond acceptors (Lipinski definition) is 4. The van der Waals surface area contributed by atoms with Crippen LogP contribution >= 0.6 is 0 Å². The Labute approximate surface area is 150 Å². The van der Waals surface area contributed by atoms with Crippen LogP contribution in [0.15, 0.2) is 23.8 Å². The van der Waals surface area contributed by atoms with Crippen LogP contribution in [-0.2, 0) is 18.9 Å². The van der Waals surface area contributed by atoms with Gasteiger partial charge in [-0.2, -0.15) is 0 Å². The monoisotopic (exact) mass is 344 g/mol. The summed E-state index contributed by atoms with van der Waals surface area (Å²) in [5, 5.41) is 0. The van der Waals surface area contributed by atoms with Crippen molar-refractivity contribution in [3.8, 4) is 0 Å². The van der Waals surface area contributed by atoms with Crippen LogP contribution in [0.25, 0.3) is 0 Å². The molecule has 24 heavy (non-hydrogen) atoms. The van der Waals surface area contributed by atoms with Crippen LogP contribution in [-0.4, -0.2) is 52.9 Å². The standard InChI is InChI=1S/2C10H20O2/c2*1-4-11-8-6-10(3)7-9-12-5-2/h6H,4-5,7-9H2,1-3H3;3-9H2,1-2H3/b10-6+;. The third-order valence-corrected chi connectivity index (χ3v) is 3.21. The van der Waals surface area contributed by atoms with E-state index in [9.17, 15) is 0 Å². The molecule has 0 radical (unpaired) electrons. The topological polar surface area (TPSA) is 36.9 Å². The van der Waals surface area contributed by atoms with E-state index in [-0.39, 0.29) is 0 Å². The molecule has 0 aromatic heterocycles. The molecule has 0 atom stereocenters. The van der Waals surface area contributed by atoms with E-state index in [2.05, 4.69) is 19.6 Å². The third-order valence-electron chi connectivity index (χ3n) is 3.21. The fourth-order valence-electron chi connectivity index (χ4n) is 1.65. The highest BCUT2D eigenvalue weighted by molar-refractivity contribution is 4.97. The number of rotatable bonds is 15. The summed E-state index contributed by atoms with van der Waals surface area (Å²) in [5.41, 5.74) is 2.56. The zero-order chi connectivity index (χ0) is 18.5. The molecule has 0 bridgehead atoms. The van der Waals surface area contributed by atoms with Gasteiger partial charge in [-0.15, -0.1) is 0 Å². The van der Waals surface area contributed by atoms with Crippen molar-refractivity contribution in [3.05, 3.63) is 23.8 Å². The van der Waals surface area contributed by atoms with Gasteiger partial charge in [0.15, 0.2) is 0 Å². The normalized spacial score (nSPS) is 11.1. The smallest absolute Gasteiger partial charge is 0.0649 e. The molecule has 0 heterocycles. The fraction of sp³-hybridized carbons (Fsp3) is 0.800. The van der Waals surface area contributed by atoms with Crippen LogP contribution in [0.4, 0.5) is 0 Å². The molecule has 0 unspecified atom stereocenters. The minimum absolute atomic E-state index is 0.731. The predicted molar refractivity (Wildman–Crippen MR) is 103 cm³/mol. The van der Waals surface area contributed by atoms with Gasteiger partial charge in [0.25, 0.3) is 0 Å². The van der Waals surface area contributed by atoms with E-state index in [1.165, 1.54) is 11.1 Å². The van der Waals surface area contributed by atoms with E-state index in [0.717, 1.165) is 72.1 Å². The van der Waals surface area contributed by atoms with Crippen LogP contribution < -0.4 is 0 Å². The van der Waals surface area contributed by atoms with Gasteiger partial charge >= 0.3 is 0 Å². The molecule has 0 fully saturated rings. The summed E-state index contributed by atoms with van der Waals surface area (Å²) in [5.74, 6) is 0. The van der Waals surface area contributed by atoms with E-state index >= 15 is 0 Å². The molecular weight excluding hydrogens is 304 g/mol. The maximum absolute atomic E-state index is 5.23. The van der Waals surface area contributed by atoms with Gasteiger partial charge in [-0.05, 0) is 53.9 Å². The van der Waals surface area contributed by atoms with Crippen LogP contribution in [0.5, 0.6) is 0 Å². The van der Waals surface area contributed by atoms with Crippen molar-refractivity contribution >= 4 is 0 Å². The molecule has 4 heteroatoms. The molecule has 0 N–H and O–H groups in total. The highest BCUT2D eigenvalue weighted by atomic mass is 16.5. The van der Waals surface area contributed by atoms with Gasteiger partial charge in [0.05, 0.1) is 26.4 Å². The van der Waals surface area contributed by atoms with Crippen LogP contribution in [0, 0.1) is 0 Å². The van der Waals surface area contributed by atoms with Crippen LogP contribution in [0.2, 0.25) is 0 Å². The second-order valence-electron chi connectivity index (χ2n) is 5.30. The molecule has 0 aliphatic rings. The summed E-state index contributed by atoms with van der Waals surface area (Å²) in [7, 11) is 0. The van der Waals surface area contributed by atoms with E-state index in [1.54, 1.807) is 0 Å². The third kappa shape index (κ3) is 23.6. The van der Waals surface area contributed by atoms with Crippen LogP contribution in [0.3, 0.4) is 0 Å². The SMILES string of the molecule is C=C(CCOCC)CCOCC.CCOC/C=C(\C)CCOCC. The van der Waals surface area contributed by atoms with Gasteiger partial charge in [0.1, 0.15) is 0 Å². The summed E-state index contributed by atoms with van der Waals surface area (Å²) < 4.78 is 20.8. The molecule has 0 rings (SSSR count). The zero-order valence-corrected chi connectivity index (χ0v) is 16.7. The zero-order valence-electron chi connectivity index (χ0n) is 16.7. The van der Waals surface area contributed by atoms with Crippen molar-refractivity contribution in [2.24, 2.45) is 0 Å². The minimum Gasteiger partial charge on any atom is -0.381 e. The fourth-order valence-corrected chi connectivity index (χ4v) is 1.65. The molecular formula is C20H40O4. The van der Waals surface area contributed by atoms with Crippen molar-refractivity contribution in [2.75, 3.05) is 52.9 Å². The Bertz CT molecular complexity index is 275. The predicted octanol–water partition coefficient (Wildman–Crippen LogP) is 4.79. The Kier molecular flexibility index (Phi) is 23.8. The van der Waals surface area contributed by atoms with Crippen molar-refractivity contribution < 1.29 is 18.9 Å². The average Bonchev–Trinajstić information content (AvgIpc) is 2.56. The highest BCUT2D eigenvalue weighted by Crippen LogP contribution is 2.03. The lowest BCUT2D eigenvalue weighted by atomic mass is 10.2. The van der Waals surface area contributed by atoms with Gasteiger partial charge in [-0.25, -0.2) is 0 Å². The van der Waals surface area contributed by atoms with E-state index in [0.29, 0.717) is 0 Å². The number of ether oxygens (including phenoxy) is 4. The Morgan fingerprint density at radius 3 is 1.54 bits per heavy atom. The Balaban J connectivity index is 0. The van der Waals surface area contributed by atoms with Gasteiger partial charge in [0.2, 0.25) is 0 Å². The first kappa shape index (κ1) is 25.6. The maximum Gasteiger partial charge on any atom is 0.0649 e. The minimum atomic E-state index is 0.731. The molecule has 0 aromatic carbocycles. The lowest BCUT2D eigenvalue weighted by molar-refractivity contribution is 0.140. The Hall–Kier alpha value is -0.680. The largest absolute Gasteiger partial charge is 0.381 e. The van der Waals surface area contributed by atoms with Crippen molar-refractivity contribution in [1.82, 2.24) is 0 Å². The first-order valence-electron chi connectivity index (χ1n) is 9.25. The summed E-state index contributed by atoms with van der Waals surface area (Å²) in [6.07, 6.45) is 5.05. The summed E-state index contributed by atoms with van der Waals surface area (Å²) >= 11 is 0. The first-order chi connectivity index (χ1) is 11.6. The molecule has 0 spiro atoms. The van der Waals surface area contributed by atoms with Crippen molar-refractivity contribution in [2.45, 2.75) is 53.9 Å². The van der Waals surface area contributed by atoms with E-state index in [4.69, 9.17) is 18.9 Å². The van der Waals surface area contributed by atoms with E-state index in [1.807, 2.05) is 27.7 Å². The Morgan fingerprint density at radius 1 is 0.708 bits per heavy atom. The average molecular weight is 345 g/mol. The molecule has 0 saturated carbocycles. The first-order valence-corrected chi connectivity index (χ1v) is 9.25. The lowest BCUT2D eigenvalue weighted by Crippen LogP contribution is -1.99. The van der Waals surface area contributed by atoms with Crippen LogP contribution in [0.1, 0.15) is 53.9 Å². The molecule has 0 aliphatic carbocycles. The second kappa shape index (κ2) is 22.3. The van der Waals surface area contributed by atoms with Gasteiger partial charge in [-0.3, -0.25) is 0 Å². The van der Waals surface area contributed by atoms with Gasteiger partial charge < -0.3 is 18.9 Å². The summed E-state index contributed by atoms with van der Waals surface area (Å²) in [6, 6.07) is 0. The molecule has 144 valence electrons. The molecule has 0 aliphatic heterocycles. The molecule has 0 aromatic rings. The summed E-state index contributed by atoms with van der Waals surface area (Å²) in [4.78, 5) is 0. The quantitative estimate of drug-likeness (QED) is 0.316. The Morgan fingerprint density at radius 2 is 1.12 bits per heavy atom. The molecule has 0 amide bonds.